The number of carbonyl (C=O) groups is 1. The summed E-state index contributed by atoms with van der Waals surface area (Å²) in [5.41, 5.74) is 0.114. The first-order chi connectivity index (χ1) is 7.37. The van der Waals surface area contributed by atoms with Gasteiger partial charge in [0, 0.05) is 0 Å². The molecule has 1 N–H and O–H groups in total. The van der Waals surface area contributed by atoms with Crippen LogP contribution in [0.15, 0.2) is 11.6 Å². The van der Waals surface area contributed by atoms with E-state index in [1.165, 1.54) is 0 Å². The summed E-state index contributed by atoms with van der Waals surface area (Å²) in [6.07, 6.45) is 3.90. The number of Topliss-reactive ketones (excluding diaryl/α,β-unsaturated/α-hetero) is 1. The second-order valence-electron chi connectivity index (χ2n) is 5.38. The minimum absolute atomic E-state index is 0.0656. The lowest BCUT2D eigenvalue weighted by molar-refractivity contribution is -0.127. The average Bonchev–Trinajstić information content (AvgIpc) is 2.28. The maximum absolute atomic E-state index is 12.3. The van der Waals surface area contributed by atoms with Crippen LogP contribution >= 0.6 is 0 Å². The van der Waals surface area contributed by atoms with Crippen LogP contribution in [0.5, 0.6) is 0 Å². The molecule has 0 saturated heterocycles. The van der Waals surface area contributed by atoms with E-state index in [0.717, 1.165) is 18.4 Å². The zero-order valence-electron chi connectivity index (χ0n) is 9.95. The van der Waals surface area contributed by atoms with Crippen molar-refractivity contribution in [2.75, 3.05) is 5.75 Å². The first kappa shape index (κ1) is 12.0. The molecule has 0 bridgehead atoms. The maximum Gasteiger partial charge on any atom is 0.166 e. The van der Waals surface area contributed by atoms with Crippen LogP contribution in [0, 0.1) is 16.7 Å². The summed E-state index contributed by atoms with van der Waals surface area (Å²) in [4.78, 5) is 12.3. The SMILES string of the molecule is C/C=C1/C(=O)C(C)(CS(=O)O)C2(C)CCC12. The van der Waals surface area contributed by atoms with Gasteiger partial charge in [-0.2, -0.15) is 0 Å². The van der Waals surface area contributed by atoms with E-state index in [4.69, 9.17) is 4.55 Å². The van der Waals surface area contributed by atoms with Gasteiger partial charge in [0.25, 0.3) is 0 Å². The molecule has 0 radical (unpaired) electrons. The Labute approximate surface area is 98.6 Å². The van der Waals surface area contributed by atoms with Gasteiger partial charge in [0.1, 0.15) is 0 Å². The molecule has 2 aliphatic carbocycles. The van der Waals surface area contributed by atoms with Gasteiger partial charge in [0.15, 0.2) is 16.9 Å². The minimum atomic E-state index is -1.91. The fourth-order valence-corrected chi connectivity index (χ4v) is 4.38. The molecule has 2 aliphatic rings. The Morgan fingerprint density at radius 3 is 2.50 bits per heavy atom. The summed E-state index contributed by atoms with van der Waals surface area (Å²) >= 11 is -1.91. The highest BCUT2D eigenvalue weighted by molar-refractivity contribution is 7.79. The number of allylic oxidation sites excluding steroid dienone is 2. The number of fused-ring (bicyclic) bond motifs is 1. The van der Waals surface area contributed by atoms with Crippen molar-refractivity contribution in [3.8, 4) is 0 Å². The number of hydrogen-bond donors (Lipinski definition) is 1. The van der Waals surface area contributed by atoms with Crippen LogP contribution in [0.1, 0.15) is 33.6 Å². The lowest BCUT2D eigenvalue weighted by atomic mass is 9.54. The molecule has 16 heavy (non-hydrogen) atoms. The normalized spacial score (nSPS) is 46.6. The van der Waals surface area contributed by atoms with Crippen molar-refractivity contribution in [2.24, 2.45) is 16.7 Å². The van der Waals surface area contributed by atoms with Crippen LogP contribution in [-0.2, 0) is 15.9 Å². The summed E-state index contributed by atoms with van der Waals surface area (Å²) in [5.74, 6) is 0.455. The molecular formula is C12H18O3S. The summed E-state index contributed by atoms with van der Waals surface area (Å²) in [7, 11) is 0. The Bertz CT molecular complexity index is 401. The van der Waals surface area contributed by atoms with Gasteiger partial charge < -0.3 is 4.55 Å². The Kier molecular flexibility index (Phi) is 2.63. The Hall–Kier alpha value is -0.480. The quantitative estimate of drug-likeness (QED) is 0.596. The third-order valence-corrected chi connectivity index (χ3v) is 5.67. The van der Waals surface area contributed by atoms with E-state index in [2.05, 4.69) is 6.92 Å². The molecule has 2 fully saturated rings. The molecular weight excluding hydrogens is 224 g/mol. The number of rotatable bonds is 2. The first-order valence-corrected chi connectivity index (χ1v) is 6.93. The topological polar surface area (TPSA) is 54.4 Å². The van der Waals surface area contributed by atoms with Crippen molar-refractivity contribution >= 4 is 16.9 Å². The van der Waals surface area contributed by atoms with Gasteiger partial charge in [-0.3, -0.25) is 4.79 Å². The number of hydrogen-bond acceptors (Lipinski definition) is 2. The van der Waals surface area contributed by atoms with E-state index in [1.807, 2.05) is 19.9 Å². The van der Waals surface area contributed by atoms with Crippen LogP contribution < -0.4 is 0 Å². The van der Waals surface area contributed by atoms with Crippen LogP contribution in [0.4, 0.5) is 0 Å². The molecule has 4 heteroatoms. The van der Waals surface area contributed by atoms with Gasteiger partial charge in [-0.1, -0.05) is 19.9 Å². The Morgan fingerprint density at radius 1 is 1.56 bits per heavy atom. The second-order valence-corrected chi connectivity index (χ2v) is 6.31. The van der Waals surface area contributed by atoms with Crippen molar-refractivity contribution in [2.45, 2.75) is 33.6 Å². The van der Waals surface area contributed by atoms with E-state index in [-0.39, 0.29) is 17.0 Å². The van der Waals surface area contributed by atoms with Crippen molar-refractivity contribution < 1.29 is 13.6 Å². The van der Waals surface area contributed by atoms with Crippen molar-refractivity contribution in [3.63, 3.8) is 0 Å². The van der Waals surface area contributed by atoms with Gasteiger partial charge in [-0.15, -0.1) is 0 Å². The van der Waals surface area contributed by atoms with Gasteiger partial charge in [-0.25, -0.2) is 4.21 Å². The molecule has 0 aromatic carbocycles. The predicted molar refractivity (Wildman–Crippen MR) is 63.3 cm³/mol. The third kappa shape index (κ3) is 1.23. The largest absolute Gasteiger partial charge is 0.306 e. The van der Waals surface area contributed by atoms with Crippen LogP contribution in [-0.4, -0.2) is 20.3 Å². The standard InChI is InChI=1S/C12H18O3S/c1-4-8-9-5-6-11(9,2)12(3,10(8)13)7-16(14)15/h4,9H,5-7H2,1-3H3,(H,14,15)/b8-4+. The molecule has 90 valence electrons. The van der Waals surface area contributed by atoms with E-state index in [0.29, 0.717) is 5.92 Å². The molecule has 3 nitrogen and oxygen atoms in total. The van der Waals surface area contributed by atoms with Crippen molar-refractivity contribution in [3.05, 3.63) is 11.6 Å². The highest BCUT2D eigenvalue weighted by Crippen LogP contribution is 2.66. The zero-order chi connectivity index (χ0) is 12.1. The highest BCUT2D eigenvalue weighted by Gasteiger charge is 2.66. The summed E-state index contributed by atoms with van der Waals surface area (Å²) < 4.78 is 20.2. The van der Waals surface area contributed by atoms with E-state index in [9.17, 15) is 9.00 Å². The average molecular weight is 242 g/mol. The van der Waals surface area contributed by atoms with E-state index < -0.39 is 16.5 Å². The van der Waals surface area contributed by atoms with Crippen molar-refractivity contribution in [1.82, 2.24) is 0 Å². The summed E-state index contributed by atoms with van der Waals surface area (Å²) in [6, 6.07) is 0. The molecule has 0 aliphatic heterocycles. The van der Waals surface area contributed by atoms with E-state index in [1.54, 1.807) is 0 Å². The molecule has 0 aromatic rings. The second kappa shape index (κ2) is 3.50. The Balaban J connectivity index is 2.46. The summed E-state index contributed by atoms with van der Waals surface area (Å²) in [6.45, 7) is 5.82. The predicted octanol–water partition coefficient (Wildman–Crippen LogP) is 2.16. The van der Waals surface area contributed by atoms with Crippen molar-refractivity contribution in [1.29, 1.82) is 0 Å². The molecule has 2 saturated carbocycles. The lowest BCUT2D eigenvalue weighted by Gasteiger charge is -2.50. The van der Waals surface area contributed by atoms with Gasteiger partial charge in [0.2, 0.25) is 0 Å². The first-order valence-electron chi connectivity index (χ1n) is 5.65. The monoisotopic (exact) mass is 242 g/mol. The molecule has 2 rings (SSSR count). The van der Waals surface area contributed by atoms with Crippen LogP contribution in [0.2, 0.25) is 0 Å². The number of ketones is 1. The minimum Gasteiger partial charge on any atom is -0.306 e. The fourth-order valence-electron chi connectivity index (χ4n) is 3.43. The maximum atomic E-state index is 12.3. The molecule has 4 unspecified atom stereocenters. The van der Waals surface area contributed by atoms with E-state index >= 15 is 0 Å². The van der Waals surface area contributed by atoms with Crippen LogP contribution in [0.3, 0.4) is 0 Å². The third-order valence-electron chi connectivity index (χ3n) is 4.84. The highest BCUT2D eigenvalue weighted by atomic mass is 32.2. The van der Waals surface area contributed by atoms with Gasteiger partial charge in [0.05, 0.1) is 11.2 Å². The number of carbonyl (C=O) groups excluding carboxylic acids is 1. The smallest absolute Gasteiger partial charge is 0.166 e. The van der Waals surface area contributed by atoms with Gasteiger partial charge in [-0.05, 0) is 36.7 Å². The lowest BCUT2D eigenvalue weighted by Crippen LogP contribution is -2.48. The molecule has 0 amide bonds. The summed E-state index contributed by atoms with van der Waals surface area (Å²) in [5, 5.41) is 0. The fraction of sp³-hybridized carbons (Fsp3) is 0.750. The molecule has 4 atom stereocenters. The Morgan fingerprint density at radius 2 is 2.19 bits per heavy atom. The molecule has 0 heterocycles. The van der Waals surface area contributed by atoms with Gasteiger partial charge >= 0.3 is 0 Å². The van der Waals surface area contributed by atoms with Crippen LogP contribution in [0.25, 0.3) is 0 Å². The molecule has 0 spiro atoms. The zero-order valence-corrected chi connectivity index (χ0v) is 10.8. The molecule has 0 aromatic heterocycles.